The number of pyridine rings is 1. The lowest BCUT2D eigenvalue weighted by molar-refractivity contribution is 0.251. The molecule has 3 aromatic rings. The van der Waals surface area contributed by atoms with E-state index in [0.717, 1.165) is 5.56 Å². The average Bonchev–Trinajstić information content (AvgIpc) is 3.11. The number of aryl methyl sites for hydroxylation is 1. The zero-order chi connectivity index (χ0) is 20.0. The summed E-state index contributed by atoms with van der Waals surface area (Å²) in [7, 11) is -3.69. The number of hydrogen-bond acceptors (Lipinski definition) is 5. The predicted octanol–water partition coefficient (Wildman–Crippen LogP) is 2.78. The van der Waals surface area contributed by atoms with Crippen molar-refractivity contribution in [3.63, 3.8) is 0 Å². The van der Waals surface area contributed by atoms with E-state index >= 15 is 0 Å². The summed E-state index contributed by atoms with van der Waals surface area (Å²) in [6.07, 6.45) is 3.32. The number of benzene rings is 1. The van der Waals surface area contributed by atoms with E-state index in [-0.39, 0.29) is 11.4 Å². The molecule has 1 aromatic carbocycles. The summed E-state index contributed by atoms with van der Waals surface area (Å²) in [5.41, 5.74) is 1.35. The Hall–Kier alpha value is -3.17. The topological polar surface area (TPSA) is 113 Å². The molecule has 0 aliphatic rings. The second-order valence-corrected chi connectivity index (χ2v) is 7.80. The Morgan fingerprint density at radius 3 is 2.50 bits per heavy atom. The molecule has 8 nitrogen and oxygen atoms in total. The van der Waals surface area contributed by atoms with Gasteiger partial charge in [-0.1, -0.05) is 6.07 Å². The summed E-state index contributed by atoms with van der Waals surface area (Å²) in [6, 6.07) is 12.6. The smallest absolute Gasteiger partial charge is 0.319 e. The first-order valence-corrected chi connectivity index (χ1v) is 9.99. The molecule has 28 heavy (non-hydrogen) atoms. The minimum absolute atomic E-state index is 0.0624. The van der Waals surface area contributed by atoms with Crippen LogP contribution < -0.4 is 15.4 Å². The molecule has 0 fully saturated rings. The molecule has 0 saturated heterocycles. The van der Waals surface area contributed by atoms with Crippen LogP contribution in [0.1, 0.15) is 17.1 Å². The van der Waals surface area contributed by atoms with Crippen molar-refractivity contribution >= 4 is 21.7 Å². The number of carbonyl (C=O) groups is 1. The van der Waals surface area contributed by atoms with Crippen molar-refractivity contribution in [3.05, 3.63) is 78.0 Å². The molecule has 0 atom stereocenters. The van der Waals surface area contributed by atoms with Gasteiger partial charge in [-0.3, -0.25) is 4.98 Å². The van der Waals surface area contributed by atoms with Crippen LogP contribution in [-0.4, -0.2) is 19.4 Å². The van der Waals surface area contributed by atoms with Gasteiger partial charge in [-0.2, -0.15) is 0 Å². The second kappa shape index (κ2) is 8.68. The van der Waals surface area contributed by atoms with Crippen molar-refractivity contribution in [1.29, 1.82) is 0 Å². The first-order valence-electron chi connectivity index (χ1n) is 8.51. The van der Waals surface area contributed by atoms with Gasteiger partial charge in [0.15, 0.2) is 0 Å². The summed E-state index contributed by atoms with van der Waals surface area (Å²) in [4.78, 5) is 16.0. The molecule has 2 aromatic heterocycles. The molecule has 2 heterocycles. The van der Waals surface area contributed by atoms with Crippen molar-refractivity contribution in [2.45, 2.75) is 24.9 Å². The van der Waals surface area contributed by atoms with Gasteiger partial charge in [-0.05, 0) is 55.0 Å². The molecule has 0 radical (unpaired) electrons. The Kier molecular flexibility index (Phi) is 6.07. The zero-order valence-electron chi connectivity index (χ0n) is 15.2. The number of amides is 2. The fourth-order valence-corrected chi connectivity index (χ4v) is 3.40. The van der Waals surface area contributed by atoms with Gasteiger partial charge in [-0.25, -0.2) is 17.9 Å². The summed E-state index contributed by atoms with van der Waals surface area (Å²) < 4.78 is 32.5. The van der Waals surface area contributed by atoms with E-state index in [1.165, 1.54) is 24.3 Å². The van der Waals surface area contributed by atoms with Crippen LogP contribution in [0.2, 0.25) is 0 Å². The quantitative estimate of drug-likeness (QED) is 0.564. The number of hydrogen-bond donors (Lipinski definition) is 3. The SMILES string of the molecule is Cc1ccc(CNS(=O)(=O)c2ccc(NC(=O)NCc3cccnc3)cc2)o1. The number of urea groups is 1. The number of nitrogens with zero attached hydrogens (tertiary/aromatic N) is 1. The molecule has 2 amide bonds. The van der Waals surface area contributed by atoms with Crippen LogP contribution >= 0.6 is 0 Å². The third kappa shape index (κ3) is 5.41. The summed E-state index contributed by atoms with van der Waals surface area (Å²) in [6.45, 7) is 2.19. The molecule has 0 aliphatic heterocycles. The molecule has 0 aliphatic carbocycles. The Morgan fingerprint density at radius 1 is 1.07 bits per heavy atom. The first-order chi connectivity index (χ1) is 13.4. The molecular weight excluding hydrogens is 380 g/mol. The Labute approximate surface area is 163 Å². The van der Waals surface area contributed by atoms with Crippen LogP contribution in [0.5, 0.6) is 0 Å². The maximum atomic E-state index is 12.3. The fourth-order valence-electron chi connectivity index (χ4n) is 2.41. The molecule has 3 rings (SSSR count). The van der Waals surface area contributed by atoms with E-state index in [0.29, 0.717) is 23.8 Å². The van der Waals surface area contributed by atoms with Crippen molar-refractivity contribution in [2.75, 3.05) is 5.32 Å². The van der Waals surface area contributed by atoms with Gasteiger partial charge < -0.3 is 15.1 Å². The van der Waals surface area contributed by atoms with E-state index < -0.39 is 16.1 Å². The van der Waals surface area contributed by atoms with Crippen LogP contribution in [0.25, 0.3) is 0 Å². The minimum atomic E-state index is -3.69. The molecule has 9 heteroatoms. The highest BCUT2D eigenvalue weighted by molar-refractivity contribution is 7.89. The molecule has 146 valence electrons. The van der Waals surface area contributed by atoms with E-state index in [4.69, 9.17) is 4.42 Å². The van der Waals surface area contributed by atoms with Crippen LogP contribution in [0, 0.1) is 6.92 Å². The van der Waals surface area contributed by atoms with Crippen molar-refractivity contribution in [3.8, 4) is 0 Å². The first kappa shape index (κ1) is 19.6. The molecule has 0 saturated carbocycles. The van der Waals surface area contributed by atoms with Crippen LogP contribution in [-0.2, 0) is 23.1 Å². The van der Waals surface area contributed by atoms with Gasteiger partial charge in [-0.15, -0.1) is 0 Å². The van der Waals surface area contributed by atoms with Gasteiger partial charge >= 0.3 is 6.03 Å². The maximum Gasteiger partial charge on any atom is 0.319 e. The fraction of sp³-hybridized carbons (Fsp3) is 0.158. The van der Waals surface area contributed by atoms with Crippen LogP contribution in [0.15, 0.2) is 70.2 Å². The third-order valence-electron chi connectivity index (χ3n) is 3.83. The maximum absolute atomic E-state index is 12.3. The summed E-state index contributed by atoms with van der Waals surface area (Å²) in [5.74, 6) is 1.25. The summed E-state index contributed by atoms with van der Waals surface area (Å²) >= 11 is 0. The lowest BCUT2D eigenvalue weighted by Gasteiger charge is -2.09. The average molecular weight is 400 g/mol. The van der Waals surface area contributed by atoms with E-state index in [2.05, 4.69) is 20.3 Å². The van der Waals surface area contributed by atoms with Gasteiger partial charge in [0.2, 0.25) is 10.0 Å². The standard InChI is InChI=1S/C19H20N4O4S/c1-14-4-7-17(27-14)13-22-28(25,26)18-8-5-16(6-9-18)23-19(24)21-12-15-3-2-10-20-11-15/h2-11,22H,12-13H2,1H3,(H2,21,23,24). The van der Waals surface area contributed by atoms with E-state index in [9.17, 15) is 13.2 Å². The molecule has 0 spiro atoms. The van der Waals surface area contributed by atoms with Crippen LogP contribution in [0.3, 0.4) is 0 Å². The highest BCUT2D eigenvalue weighted by Crippen LogP contribution is 2.15. The van der Waals surface area contributed by atoms with E-state index in [1.807, 2.05) is 6.07 Å². The monoisotopic (exact) mass is 400 g/mol. The molecule has 0 bridgehead atoms. The highest BCUT2D eigenvalue weighted by Gasteiger charge is 2.14. The second-order valence-electron chi connectivity index (χ2n) is 6.03. The number of anilines is 1. The highest BCUT2D eigenvalue weighted by atomic mass is 32.2. The Bertz CT molecular complexity index is 1030. The lowest BCUT2D eigenvalue weighted by Crippen LogP contribution is -2.28. The third-order valence-corrected chi connectivity index (χ3v) is 5.25. The van der Waals surface area contributed by atoms with E-state index in [1.54, 1.807) is 37.5 Å². The number of furan rings is 1. The number of nitrogens with one attached hydrogen (secondary N) is 3. The number of rotatable bonds is 7. The van der Waals surface area contributed by atoms with Gasteiger partial charge in [0.25, 0.3) is 0 Å². The van der Waals surface area contributed by atoms with Crippen molar-refractivity contribution in [1.82, 2.24) is 15.0 Å². The number of carbonyl (C=O) groups excluding carboxylic acids is 1. The normalized spacial score (nSPS) is 11.2. The number of sulfonamides is 1. The van der Waals surface area contributed by atoms with Crippen molar-refractivity contribution < 1.29 is 17.6 Å². The molecule has 0 unspecified atom stereocenters. The number of aromatic nitrogens is 1. The lowest BCUT2D eigenvalue weighted by atomic mass is 10.3. The Balaban J connectivity index is 1.54. The predicted molar refractivity (Wildman–Crippen MR) is 104 cm³/mol. The Morgan fingerprint density at radius 2 is 1.86 bits per heavy atom. The largest absolute Gasteiger partial charge is 0.465 e. The minimum Gasteiger partial charge on any atom is -0.465 e. The van der Waals surface area contributed by atoms with Crippen molar-refractivity contribution in [2.24, 2.45) is 0 Å². The molecule has 3 N–H and O–H groups in total. The van der Waals surface area contributed by atoms with Gasteiger partial charge in [0.05, 0.1) is 11.4 Å². The summed E-state index contributed by atoms with van der Waals surface area (Å²) in [5, 5.41) is 5.35. The van der Waals surface area contributed by atoms with Crippen LogP contribution in [0.4, 0.5) is 10.5 Å². The van der Waals surface area contributed by atoms with Gasteiger partial charge in [0.1, 0.15) is 11.5 Å². The zero-order valence-corrected chi connectivity index (χ0v) is 16.0. The van der Waals surface area contributed by atoms with Gasteiger partial charge in [0, 0.05) is 24.6 Å². The molecular formula is C19H20N4O4S.